The maximum Gasteiger partial charge on any atom is 0.282 e. The van der Waals surface area contributed by atoms with Gasteiger partial charge in [0, 0.05) is 11.8 Å². The van der Waals surface area contributed by atoms with Gasteiger partial charge < -0.3 is 5.32 Å². The summed E-state index contributed by atoms with van der Waals surface area (Å²) in [5.74, 6) is -4.23. The Morgan fingerprint density at radius 1 is 0.774 bits per heavy atom. The zero-order chi connectivity index (χ0) is 22.3. The molecule has 0 aromatic heterocycles. The Bertz CT molecular complexity index is 1250. The normalized spacial score (nSPS) is 13.9. The van der Waals surface area contributed by atoms with Gasteiger partial charge in [-0.3, -0.25) is 9.59 Å². The molecule has 7 heteroatoms. The third-order valence-corrected chi connectivity index (χ3v) is 5.02. The summed E-state index contributed by atoms with van der Waals surface area (Å²) < 4.78 is 40.6. The summed E-state index contributed by atoms with van der Waals surface area (Å²) in [6.45, 7) is 3.77. The number of hydrogen-bond donors (Lipinski definition) is 1. The number of rotatable bonds is 4. The van der Waals surface area contributed by atoms with Crippen molar-refractivity contribution >= 4 is 28.8 Å². The van der Waals surface area contributed by atoms with Gasteiger partial charge in [-0.15, -0.1) is 0 Å². The fourth-order valence-electron chi connectivity index (χ4n) is 3.48. The van der Waals surface area contributed by atoms with Crippen molar-refractivity contribution in [3.05, 3.63) is 101 Å². The molecule has 1 N–H and O–H groups in total. The number of aryl methyl sites for hydroxylation is 2. The van der Waals surface area contributed by atoms with Crippen molar-refractivity contribution in [2.45, 2.75) is 13.8 Å². The molecule has 0 spiro atoms. The lowest BCUT2D eigenvalue weighted by Crippen LogP contribution is -2.32. The molecular formula is C24H17F3N2O2. The molecule has 0 fully saturated rings. The number of anilines is 2. The number of carbonyl (C=O) groups is 2. The Labute approximate surface area is 176 Å². The average molecular weight is 422 g/mol. The van der Waals surface area contributed by atoms with Gasteiger partial charge in [-0.2, -0.15) is 0 Å². The summed E-state index contributed by atoms with van der Waals surface area (Å²) >= 11 is 0. The Morgan fingerprint density at radius 2 is 1.48 bits per heavy atom. The van der Waals surface area contributed by atoms with Gasteiger partial charge in [-0.1, -0.05) is 29.8 Å². The van der Waals surface area contributed by atoms with Crippen LogP contribution in [0.15, 0.2) is 66.4 Å². The van der Waals surface area contributed by atoms with Crippen molar-refractivity contribution in [2.24, 2.45) is 0 Å². The molecule has 0 saturated carbocycles. The third kappa shape index (κ3) is 3.70. The van der Waals surface area contributed by atoms with E-state index in [1.165, 1.54) is 24.3 Å². The largest absolute Gasteiger partial charge is 0.350 e. The van der Waals surface area contributed by atoms with E-state index >= 15 is 0 Å². The maximum atomic E-state index is 13.8. The predicted octanol–water partition coefficient (Wildman–Crippen LogP) is 5.12. The van der Waals surface area contributed by atoms with Gasteiger partial charge in [0.25, 0.3) is 11.8 Å². The van der Waals surface area contributed by atoms with Crippen LogP contribution in [0.2, 0.25) is 0 Å². The summed E-state index contributed by atoms with van der Waals surface area (Å²) in [6.07, 6.45) is 0. The molecule has 0 bridgehead atoms. The summed E-state index contributed by atoms with van der Waals surface area (Å²) in [5.41, 5.74) is 2.66. The fourth-order valence-corrected chi connectivity index (χ4v) is 3.48. The van der Waals surface area contributed by atoms with Crippen LogP contribution in [0.25, 0.3) is 5.57 Å². The average Bonchev–Trinajstić information content (AvgIpc) is 2.97. The molecule has 0 aliphatic carbocycles. The minimum Gasteiger partial charge on any atom is -0.350 e. The molecular weight excluding hydrogens is 405 g/mol. The van der Waals surface area contributed by atoms with Crippen LogP contribution in [0, 0.1) is 31.3 Å². The van der Waals surface area contributed by atoms with Gasteiger partial charge in [0.2, 0.25) is 0 Å². The van der Waals surface area contributed by atoms with Crippen LogP contribution in [-0.4, -0.2) is 11.8 Å². The van der Waals surface area contributed by atoms with Crippen molar-refractivity contribution in [3.8, 4) is 0 Å². The van der Waals surface area contributed by atoms with Gasteiger partial charge in [0.05, 0.1) is 11.3 Å². The highest BCUT2D eigenvalue weighted by molar-refractivity contribution is 6.46. The van der Waals surface area contributed by atoms with E-state index in [1.54, 1.807) is 6.07 Å². The van der Waals surface area contributed by atoms with Gasteiger partial charge in [0.15, 0.2) is 11.6 Å². The number of hydrogen-bond acceptors (Lipinski definition) is 3. The molecule has 4 rings (SSSR count). The number of benzene rings is 3. The Kier molecular flexibility index (Phi) is 5.10. The molecule has 4 nitrogen and oxygen atoms in total. The highest BCUT2D eigenvalue weighted by Gasteiger charge is 2.40. The lowest BCUT2D eigenvalue weighted by atomic mass is 10.0. The Balaban J connectivity index is 1.84. The molecule has 0 unspecified atom stereocenters. The molecule has 1 aliphatic rings. The van der Waals surface area contributed by atoms with Crippen LogP contribution in [0.1, 0.15) is 16.7 Å². The molecule has 156 valence electrons. The maximum absolute atomic E-state index is 13.8. The number of halogens is 3. The van der Waals surface area contributed by atoms with Gasteiger partial charge >= 0.3 is 0 Å². The van der Waals surface area contributed by atoms with Gasteiger partial charge in [0.1, 0.15) is 11.5 Å². The first-order valence-corrected chi connectivity index (χ1v) is 9.44. The summed E-state index contributed by atoms with van der Waals surface area (Å²) in [5, 5.41) is 3.01. The smallest absolute Gasteiger partial charge is 0.282 e. The number of nitrogens with one attached hydrogen (secondary N) is 1. The van der Waals surface area contributed by atoms with E-state index < -0.39 is 29.3 Å². The highest BCUT2D eigenvalue weighted by Crippen LogP contribution is 2.35. The first-order valence-electron chi connectivity index (χ1n) is 9.44. The Morgan fingerprint density at radius 3 is 2.13 bits per heavy atom. The van der Waals surface area contributed by atoms with Gasteiger partial charge in [-0.25, -0.2) is 18.1 Å². The standard InChI is InChI=1S/C24H17F3N2O2/c1-13-3-10-20(14(2)11-13)28-22-21(15-4-6-16(25)7-5-15)23(30)29(24(22)31)17-8-9-18(26)19(27)12-17/h3-12,28H,1-2H3. The van der Waals surface area contributed by atoms with Crippen LogP contribution in [0.5, 0.6) is 0 Å². The SMILES string of the molecule is Cc1ccc(NC2=C(c3ccc(F)cc3)C(=O)N(c3ccc(F)c(F)c3)C2=O)c(C)c1. The van der Waals surface area contributed by atoms with Crippen molar-refractivity contribution in [3.63, 3.8) is 0 Å². The number of amides is 2. The second-order valence-electron chi connectivity index (χ2n) is 7.24. The van der Waals surface area contributed by atoms with Crippen LogP contribution in [0.4, 0.5) is 24.5 Å². The molecule has 3 aromatic rings. The first-order chi connectivity index (χ1) is 14.8. The van der Waals surface area contributed by atoms with E-state index in [4.69, 9.17) is 0 Å². The number of carbonyl (C=O) groups excluding carboxylic acids is 2. The first kappa shape index (κ1) is 20.4. The second-order valence-corrected chi connectivity index (χ2v) is 7.24. The molecule has 2 amide bonds. The van der Waals surface area contributed by atoms with Crippen molar-refractivity contribution < 1.29 is 22.8 Å². The minimum absolute atomic E-state index is 0.00899. The molecule has 0 radical (unpaired) electrons. The number of imide groups is 1. The zero-order valence-electron chi connectivity index (χ0n) is 16.7. The highest BCUT2D eigenvalue weighted by atomic mass is 19.2. The van der Waals surface area contributed by atoms with Crippen LogP contribution in [0.3, 0.4) is 0 Å². The van der Waals surface area contributed by atoms with Crippen LogP contribution < -0.4 is 10.2 Å². The summed E-state index contributed by atoms with van der Waals surface area (Å²) in [6, 6.07) is 13.4. The lowest BCUT2D eigenvalue weighted by molar-refractivity contribution is -0.120. The molecule has 1 heterocycles. The monoisotopic (exact) mass is 422 g/mol. The summed E-state index contributed by atoms with van der Waals surface area (Å²) in [4.78, 5) is 27.2. The van der Waals surface area contributed by atoms with Crippen molar-refractivity contribution in [1.29, 1.82) is 0 Å². The zero-order valence-corrected chi connectivity index (χ0v) is 16.7. The van der Waals surface area contributed by atoms with E-state index in [1.807, 2.05) is 26.0 Å². The van der Waals surface area contributed by atoms with Crippen molar-refractivity contribution in [2.75, 3.05) is 10.2 Å². The minimum atomic E-state index is -1.18. The molecule has 0 atom stereocenters. The van der Waals surface area contributed by atoms with Crippen molar-refractivity contribution in [1.82, 2.24) is 0 Å². The predicted molar refractivity (Wildman–Crippen MR) is 112 cm³/mol. The molecule has 1 aliphatic heterocycles. The molecule has 31 heavy (non-hydrogen) atoms. The topological polar surface area (TPSA) is 49.4 Å². The third-order valence-electron chi connectivity index (χ3n) is 5.02. The van der Waals surface area contributed by atoms with Crippen LogP contribution >= 0.6 is 0 Å². The molecule has 0 saturated heterocycles. The summed E-state index contributed by atoms with van der Waals surface area (Å²) in [7, 11) is 0. The quantitative estimate of drug-likeness (QED) is 0.594. The van der Waals surface area contributed by atoms with E-state index in [2.05, 4.69) is 5.32 Å². The van der Waals surface area contributed by atoms with E-state index in [9.17, 15) is 22.8 Å². The Hall–Kier alpha value is -3.87. The molecule has 3 aromatic carbocycles. The van der Waals surface area contributed by atoms with E-state index in [0.717, 1.165) is 34.2 Å². The lowest BCUT2D eigenvalue weighted by Gasteiger charge is -2.16. The van der Waals surface area contributed by atoms with Gasteiger partial charge in [-0.05, 0) is 55.3 Å². The number of nitrogens with zero attached hydrogens (tertiary/aromatic N) is 1. The van der Waals surface area contributed by atoms with E-state index in [0.29, 0.717) is 11.3 Å². The fraction of sp³-hybridized carbons (Fsp3) is 0.0833. The van der Waals surface area contributed by atoms with E-state index in [-0.39, 0.29) is 17.0 Å². The second kappa shape index (κ2) is 7.75. The van der Waals surface area contributed by atoms with Crippen LogP contribution in [-0.2, 0) is 9.59 Å².